The van der Waals surface area contributed by atoms with Crippen molar-refractivity contribution in [3.63, 3.8) is 0 Å². The van der Waals surface area contributed by atoms with Crippen molar-refractivity contribution in [2.24, 2.45) is 5.41 Å². The highest BCUT2D eigenvalue weighted by Gasteiger charge is 2.26. The fourth-order valence-electron chi connectivity index (χ4n) is 1.98. The molecule has 2 aromatic rings. The number of thiazole rings is 1. The Kier molecular flexibility index (Phi) is 3.55. The van der Waals surface area contributed by atoms with Gasteiger partial charge in [0.25, 0.3) is 0 Å². The van der Waals surface area contributed by atoms with Crippen LogP contribution in [0.15, 0.2) is 17.8 Å². The van der Waals surface area contributed by atoms with E-state index in [1.54, 1.807) is 11.3 Å². The molecule has 0 saturated carbocycles. The molecular formula is C12H17ClN2S. The van der Waals surface area contributed by atoms with Gasteiger partial charge >= 0.3 is 0 Å². The van der Waals surface area contributed by atoms with E-state index in [9.17, 15) is 0 Å². The molecule has 2 aromatic heterocycles. The van der Waals surface area contributed by atoms with Gasteiger partial charge in [0.15, 0.2) is 4.96 Å². The lowest BCUT2D eigenvalue weighted by atomic mass is 9.80. The summed E-state index contributed by atoms with van der Waals surface area (Å²) < 4.78 is 2.09. The van der Waals surface area contributed by atoms with Crippen LogP contribution in [0, 0.1) is 5.41 Å². The second-order valence-corrected chi connectivity index (χ2v) is 5.48. The van der Waals surface area contributed by atoms with E-state index in [4.69, 9.17) is 11.6 Å². The molecule has 0 aromatic carbocycles. The van der Waals surface area contributed by atoms with E-state index in [0.717, 1.165) is 29.9 Å². The van der Waals surface area contributed by atoms with Gasteiger partial charge in [0.1, 0.15) is 0 Å². The molecule has 2 heterocycles. The number of hydrogen-bond acceptors (Lipinski definition) is 2. The van der Waals surface area contributed by atoms with Crippen molar-refractivity contribution in [1.82, 2.24) is 9.38 Å². The Labute approximate surface area is 105 Å². The van der Waals surface area contributed by atoms with E-state index in [0.29, 0.717) is 5.88 Å². The molecule has 16 heavy (non-hydrogen) atoms. The van der Waals surface area contributed by atoms with E-state index in [1.165, 1.54) is 0 Å². The summed E-state index contributed by atoms with van der Waals surface area (Å²) in [5, 5.41) is 2.06. The smallest absolute Gasteiger partial charge is 0.193 e. The van der Waals surface area contributed by atoms with Gasteiger partial charge < -0.3 is 0 Å². The maximum atomic E-state index is 6.12. The van der Waals surface area contributed by atoms with Crippen molar-refractivity contribution in [2.75, 3.05) is 5.88 Å². The van der Waals surface area contributed by atoms with Gasteiger partial charge in [-0.15, -0.1) is 22.9 Å². The minimum atomic E-state index is 0.214. The van der Waals surface area contributed by atoms with Crippen LogP contribution in [0.2, 0.25) is 0 Å². The summed E-state index contributed by atoms with van der Waals surface area (Å²) >= 11 is 7.79. The van der Waals surface area contributed by atoms with Crippen molar-refractivity contribution in [1.29, 1.82) is 0 Å². The van der Waals surface area contributed by atoms with Gasteiger partial charge in [-0.1, -0.05) is 13.8 Å². The van der Waals surface area contributed by atoms with Gasteiger partial charge in [0.05, 0.1) is 5.69 Å². The molecule has 0 aliphatic carbocycles. The third kappa shape index (κ3) is 2.11. The van der Waals surface area contributed by atoms with Crippen LogP contribution in [-0.4, -0.2) is 15.3 Å². The van der Waals surface area contributed by atoms with E-state index in [1.807, 2.05) is 0 Å². The van der Waals surface area contributed by atoms with Crippen LogP contribution in [0.3, 0.4) is 0 Å². The molecule has 0 spiro atoms. The molecule has 0 aliphatic rings. The SMILES string of the molecule is CCC(CC)(CCl)Cc1cn2ccsc2n1. The molecule has 0 unspecified atom stereocenters. The van der Waals surface area contributed by atoms with Gasteiger partial charge in [-0.3, -0.25) is 4.40 Å². The second kappa shape index (κ2) is 4.76. The normalized spacial score (nSPS) is 12.4. The fourth-order valence-corrected chi connectivity index (χ4v) is 3.17. The molecule has 0 fully saturated rings. The molecular weight excluding hydrogens is 240 g/mol. The molecule has 88 valence electrons. The van der Waals surface area contributed by atoms with Crippen LogP contribution in [0.25, 0.3) is 4.96 Å². The lowest BCUT2D eigenvalue weighted by molar-refractivity contribution is 0.299. The lowest BCUT2D eigenvalue weighted by Crippen LogP contribution is -2.24. The highest BCUT2D eigenvalue weighted by Crippen LogP contribution is 2.32. The van der Waals surface area contributed by atoms with Crippen LogP contribution in [0.5, 0.6) is 0 Å². The molecule has 0 bridgehead atoms. The van der Waals surface area contributed by atoms with E-state index in [2.05, 4.69) is 41.0 Å². The van der Waals surface area contributed by atoms with Crippen molar-refractivity contribution in [3.8, 4) is 0 Å². The fraction of sp³-hybridized carbons (Fsp3) is 0.583. The quantitative estimate of drug-likeness (QED) is 0.740. The molecule has 4 heteroatoms. The lowest BCUT2D eigenvalue weighted by Gasteiger charge is -2.28. The number of fused-ring (bicyclic) bond motifs is 1. The molecule has 2 rings (SSSR count). The maximum Gasteiger partial charge on any atom is 0.193 e. The van der Waals surface area contributed by atoms with Gasteiger partial charge in [-0.25, -0.2) is 4.98 Å². The number of halogens is 1. The standard InChI is InChI=1S/C12H17ClN2S/c1-3-12(4-2,9-13)7-10-8-15-5-6-16-11(15)14-10/h5-6,8H,3-4,7,9H2,1-2H3. The van der Waals surface area contributed by atoms with Gasteiger partial charge in [-0.2, -0.15) is 0 Å². The average molecular weight is 257 g/mol. The largest absolute Gasteiger partial charge is 0.297 e. The Bertz CT molecular complexity index is 419. The summed E-state index contributed by atoms with van der Waals surface area (Å²) in [5.74, 6) is 0.713. The minimum Gasteiger partial charge on any atom is -0.297 e. The van der Waals surface area contributed by atoms with Crippen molar-refractivity contribution in [2.45, 2.75) is 33.1 Å². The Balaban J connectivity index is 2.22. The zero-order valence-corrected chi connectivity index (χ0v) is 11.3. The first kappa shape index (κ1) is 11.9. The Morgan fingerprint density at radius 2 is 2.19 bits per heavy atom. The van der Waals surface area contributed by atoms with Crippen molar-refractivity contribution in [3.05, 3.63) is 23.5 Å². The minimum absolute atomic E-state index is 0.214. The first-order chi connectivity index (χ1) is 7.73. The second-order valence-electron chi connectivity index (χ2n) is 4.34. The molecule has 0 saturated heterocycles. The zero-order valence-electron chi connectivity index (χ0n) is 9.74. The molecule has 0 amide bonds. The topological polar surface area (TPSA) is 17.3 Å². The number of rotatable bonds is 5. The first-order valence-corrected chi connectivity index (χ1v) is 7.11. The number of nitrogens with zero attached hydrogens (tertiary/aromatic N) is 2. The van der Waals surface area contributed by atoms with Crippen LogP contribution in [0.1, 0.15) is 32.4 Å². The zero-order chi connectivity index (χ0) is 11.6. The summed E-state index contributed by atoms with van der Waals surface area (Å²) in [5.41, 5.74) is 1.38. The van der Waals surface area contributed by atoms with Gasteiger partial charge in [0, 0.05) is 23.7 Å². The van der Waals surface area contributed by atoms with Crippen LogP contribution < -0.4 is 0 Å². The van der Waals surface area contributed by atoms with Crippen LogP contribution >= 0.6 is 22.9 Å². The maximum absolute atomic E-state index is 6.12. The van der Waals surface area contributed by atoms with Crippen LogP contribution in [-0.2, 0) is 6.42 Å². The molecule has 0 radical (unpaired) electrons. The highest BCUT2D eigenvalue weighted by molar-refractivity contribution is 7.15. The highest BCUT2D eigenvalue weighted by atomic mass is 35.5. The third-order valence-electron chi connectivity index (χ3n) is 3.48. The summed E-state index contributed by atoms with van der Waals surface area (Å²) in [4.78, 5) is 5.70. The number of imidazole rings is 1. The van der Waals surface area contributed by atoms with E-state index >= 15 is 0 Å². The summed E-state index contributed by atoms with van der Waals surface area (Å²) in [6, 6.07) is 0. The van der Waals surface area contributed by atoms with E-state index in [-0.39, 0.29) is 5.41 Å². The number of hydrogen-bond donors (Lipinski definition) is 0. The molecule has 0 atom stereocenters. The van der Waals surface area contributed by atoms with Crippen molar-refractivity contribution >= 4 is 27.9 Å². The predicted molar refractivity (Wildman–Crippen MR) is 70.5 cm³/mol. The predicted octanol–water partition coefficient (Wildman–Crippen LogP) is 3.98. The van der Waals surface area contributed by atoms with Gasteiger partial charge in [0.2, 0.25) is 0 Å². The van der Waals surface area contributed by atoms with E-state index < -0.39 is 0 Å². The molecule has 0 aliphatic heterocycles. The third-order valence-corrected chi connectivity index (χ3v) is 4.82. The molecule has 0 N–H and O–H groups in total. The summed E-state index contributed by atoms with van der Waals surface area (Å²) in [7, 11) is 0. The van der Waals surface area contributed by atoms with Crippen molar-refractivity contribution < 1.29 is 0 Å². The Morgan fingerprint density at radius 3 is 2.75 bits per heavy atom. The summed E-state index contributed by atoms with van der Waals surface area (Å²) in [6.45, 7) is 4.43. The average Bonchev–Trinajstić information content (AvgIpc) is 2.86. The summed E-state index contributed by atoms with van der Waals surface area (Å²) in [6.07, 6.45) is 7.38. The number of alkyl halides is 1. The number of aromatic nitrogens is 2. The molecule has 2 nitrogen and oxygen atoms in total. The van der Waals surface area contributed by atoms with Crippen LogP contribution in [0.4, 0.5) is 0 Å². The van der Waals surface area contributed by atoms with Gasteiger partial charge in [-0.05, 0) is 24.7 Å². The first-order valence-electron chi connectivity index (χ1n) is 5.70. The monoisotopic (exact) mass is 256 g/mol. The Hall–Kier alpha value is -0.540. The Morgan fingerprint density at radius 1 is 1.44 bits per heavy atom.